The van der Waals surface area contributed by atoms with Gasteiger partial charge in [-0.05, 0) is 31.4 Å². The van der Waals surface area contributed by atoms with Crippen LogP contribution in [0.25, 0.3) is 0 Å². The van der Waals surface area contributed by atoms with Crippen molar-refractivity contribution in [1.29, 1.82) is 0 Å². The second kappa shape index (κ2) is 7.86. The van der Waals surface area contributed by atoms with Crippen molar-refractivity contribution in [2.45, 2.75) is 25.3 Å². The van der Waals surface area contributed by atoms with E-state index < -0.39 is 5.97 Å². The number of carboxylic acid groups (broad SMARTS) is 1. The molecule has 1 atom stereocenters. The maximum absolute atomic E-state index is 12.7. The van der Waals surface area contributed by atoms with Crippen LogP contribution in [0.4, 0.5) is 0 Å². The van der Waals surface area contributed by atoms with Crippen molar-refractivity contribution in [3.8, 4) is 0 Å². The van der Waals surface area contributed by atoms with E-state index in [0.29, 0.717) is 18.7 Å². The normalized spacial score (nSPS) is 16.9. The average Bonchev–Trinajstić information content (AvgIpc) is 3.17. The van der Waals surface area contributed by atoms with Gasteiger partial charge in [-0.1, -0.05) is 18.2 Å². The largest absolute Gasteiger partial charge is 0.478 e. The van der Waals surface area contributed by atoms with Gasteiger partial charge in [0.15, 0.2) is 5.76 Å². The number of amides is 2. The zero-order valence-corrected chi connectivity index (χ0v) is 14.2. The van der Waals surface area contributed by atoms with Crippen molar-refractivity contribution in [2.24, 2.45) is 0 Å². The third kappa shape index (κ3) is 3.93. The number of piperidine rings is 1. The molecule has 1 unspecified atom stereocenters. The molecular formula is C19H20N2O5. The lowest BCUT2D eigenvalue weighted by Gasteiger charge is -2.35. The van der Waals surface area contributed by atoms with Crippen LogP contribution in [0, 0.1) is 0 Å². The molecular weight excluding hydrogens is 336 g/mol. The smallest absolute Gasteiger partial charge is 0.338 e. The first-order valence-electron chi connectivity index (χ1n) is 8.52. The minimum absolute atomic E-state index is 0.00341. The quantitative estimate of drug-likeness (QED) is 0.857. The molecule has 2 heterocycles. The van der Waals surface area contributed by atoms with Crippen LogP contribution in [0.1, 0.15) is 50.5 Å². The van der Waals surface area contributed by atoms with Crippen LogP contribution in [0.3, 0.4) is 0 Å². The zero-order valence-electron chi connectivity index (χ0n) is 14.2. The Labute approximate surface area is 150 Å². The summed E-state index contributed by atoms with van der Waals surface area (Å²) < 4.78 is 5.12. The number of carbonyl (C=O) groups excluding carboxylic acids is 2. The van der Waals surface area contributed by atoms with E-state index in [0.717, 1.165) is 25.5 Å². The molecule has 0 spiro atoms. The molecule has 1 aromatic heterocycles. The molecule has 0 radical (unpaired) electrons. The maximum atomic E-state index is 12.7. The fraction of sp³-hybridized carbons (Fsp3) is 0.316. The summed E-state index contributed by atoms with van der Waals surface area (Å²) in [5.74, 6) is -1.67. The summed E-state index contributed by atoms with van der Waals surface area (Å²) in [6, 6.07) is 9.98. The Hall–Kier alpha value is -3.09. The number of likely N-dealkylation sites (tertiary alicyclic amines) is 1. The Balaban J connectivity index is 1.66. The lowest BCUT2D eigenvalue weighted by molar-refractivity contribution is 0.0571. The lowest BCUT2D eigenvalue weighted by Crippen LogP contribution is -2.49. The highest BCUT2D eigenvalue weighted by Crippen LogP contribution is 2.20. The number of rotatable bonds is 5. The number of hydrogen-bond acceptors (Lipinski definition) is 4. The molecule has 1 aliphatic rings. The summed E-state index contributed by atoms with van der Waals surface area (Å²) in [7, 11) is 0. The molecule has 0 saturated carbocycles. The highest BCUT2D eigenvalue weighted by molar-refractivity contribution is 5.96. The van der Waals surface area contributed by atoms with Gasteiger partial charge in [0.1, 0.15) is 6.26 Å². The van der Waals surface area contributed by atoms with Crippen LogP contribution in [0.5, 0.6) is 0 Å². The van der Waals surface area contributed by atoms with E-state index in [9.17, 15) is 14.4 Å². The first-order chi connectivity index (χ1) is 12.6. The minimum atomic E-state index is -1.14. The number of hydrogen-bond donors (Lipinski definition) is 2. The molecule has 2 N–H and O–H groups in total. The number of benzene rings is 1. The minimum Gasteiger partial charge on any atom is -0.478 e. The van der Waals surface area contributed by atoms with Crippen LogP contribution in [-0.2, 0) is 0 Å². The maximum Gasteiger partial charge on any atom is 0.338 e. The molecule has 1 saturated heterocycles. The highest BCUT2D eigenvalue weighted by atomic mass is 16.4. The SMILES string of the molecule is O=C(O)c1coc(C(=O)N2CCCCC2CNC(=O)c2ccccc2)c1. The lowest BCUT2D eigenvalue weighted by atomic mass is 10.0. The molecule has 136 valence electrons. The van der Waals surface area contributed by atoms with E-state index >= 15 is 0 Å². The van der Waals surface area contributed by atoms with E-state index in [4.69, 9.17) is 9.52 Å². The highest BCUT2D eigenvalue weighted by Gasteiger charge is 2.30. The van der Waals surface area contributed by atoms with Gasteiger partial charge in [-0.15, -0.1) is 0 Å². The third-order valence-electron chi connectivity index (χ3n) is 4.48. The second-order valence-electron chi connectivity index (χ2n) is 6.23. The van der Waals surface area contributed by atoms with Crippen LogP contribution in [0.15, 0.2) is 47.1 Å². The van der Waals surface area contributed by atoms with E-state index in [1.54, 1.807) is 29.2 Å². The van der Waals surface area contributed by atoms with Crippen molar-refractivity contribution < 1.29 is 23.9 Å². The van der Waals surface area contributed by atoms with Crippen LogP contribution < -0.4 is 5.32 Å². The number of carbonyl (C=O) groups is 3. The van der Waals surface area contributed by atoms with E-state index in [2.05, 4.69) is 5.32 Å². The molecule has 7 heteroatoms. The first kappa shape index (κ1) is 17.7. The average molecular weight is 356 g/mol. The summed E-state index contributed by atoms with van der Waals surface area (Å²) in [5, 5.41) is 11.8. The molecule has 1 aromatic carbocycles. The number of aromatic carboxylic acids is 1. The van der Waals surface area contributed by atoms with Gasteiger partial charge >= 0.3 is 5.97 Å². The van der Waals surface area contributed by atoms with Crippen molar-refractivity contribution in [1.82, 2.24) is 10.2 Å². The molecule has 26 heavy (non-hydrogen) atoms. The number of furan rings is 1. The monoisotopic (exact) mass is 356 g/mol. The molecule has 0 aliphatic carbocycles. The van der Waals surface area contributed by atoms with Gasteiger partial charge in [0, 0.05) is 30.8 Å². The summed E-state index contributed by atoms with van der Waals surface area (Å²) in [4.78, 5) is 37.5. The fourth-order valence-electron chi connectivity index (χ4n) is 3.08. The summed E-state index contributed by atoms with van der Waals surface area (Å²) >= 11 is 0. The molecule has 2 amide bonds. The number of nitrogens with one attached hydrogen (secondary N) is 1. The topological polar surface area (TPSA) is 99.8 Å². The van der Waals surface area contributed by atoms with Gasteiger partial charge in [-0.2, -0.15) is 0 Å². The Morgan fingerprint density at radius 2 is 1.92 bits per heavy atom. The van der Waals surface area contributed by atoms with Crippen molar-refractivity contribution in [3.63, 3.8) is 0 Å². The van der Waals surface area contributed by atoms with Gasteiger partial charge in [0.25, 0.3) is 11.8 Å². The van der Waals surface area contributed by atoms with Gasteiger partial charge in [-0.3, -0.25) is 9.59 Å². The zero-order chi connectivity index (χ0) is 18.5. The molecule has 3 rings (SSSR count). The standard InChI is InChI=1S/C19H20N2O5/c22-17(13-6-2-1-3-7-13)20-11-15-8-4-5-9-21(15)18(23)16-10-14(12-26-16)19(24)25/h1-3,6-7,10,12,15H,4-5,8-9,11H2,(H,20,22)(H,24,25). The predicted octanol–water partition coefficient (Wildman–Crippen LogP) is 2.40. The van der Waals surface area contributed by atoms with E-state index in [-0.39, 0.29) is 29.2 Å². The molecule has 7 nitrogen and oxygen atoms in total. The van der Waals surface area contributed by atoms with Crippen molar-refractivity contribution >= 4 is 17.8 Å². The molecule has 0 bridgehead atoms. The Bertz CT molecular complexity index is 799. The first-order valence-corrected chi connectivity index (χ1v) is 8.52. The van der Waals surface area contributed by atoms with Crippen LogP contribution >= 0.6 is 0 Å². The van der Waals surface area contributed by atoms with Gasteiger partial charge in [0.05, 0.1) is 5.56 Å². The molecule has 1 aliphatic heterocycles. The Morgan fingerprint density at radius 1 is 1.15 bits per heavy atom. The predicted molar refractivity (Wildman–Crippen MR) is 93.1 cm³/mol. The second-order valence-corrected chi connectivity index (χ2v) is 6.23. The molecule has 1 fully saturated rings. The Morgan fingerprint density at radius 3 is 2.62 bits per heavy atom. The summed E-state index contributed by atoms with van der Waals surface area (Å²) in [6.07, 6.45) is 3.66. The van der Waals surface area contributed by atoms with Gasteiger partial charge in [-0.25, -0.2) is 4.79 Å². The van der Waals surface area contributed by atoms with Crippen molar-refractivity contribution in [3.05, 3.63) is 59.5 Å². The molecule has 2 aromatic rings. The summed E-state index contributed by atoms with van der Waals surface area (Å²) in [5.41, 5.74) is 0.512. The fourth-order valence-corrected chi connectivity index (χ4v) is 3.08. The van der Waals surface area contributed by atoms with Crippen molar-refractivity contribution in [2.75, 3.05) is 13.1 Å². The Kier molecular flexibility index (Phi) is 5.36. The van der Waals surface area contributed by atoms with Crippen LogP contribution in [-0.4, -0.2) is 46.9 Å². The van der Waals surface area contributed by atoms with E-state index in [1.165, 1.54) is 6.07 Å². The number of carboxylic acids is 1. The summed E-state index contributed by atoms with van der Waals surface area (Å²) in [6.45, 7) is 0.889. The van der Waals surface area contributed by atoms with Gasteiger partial charge < -0.3 is 19.7 Å². The van der Waals surface area contributed by atoms with Gasteiger partial charge in [0.2, 0.25) is 0 Å². The van der Waals surface area contributed by atoms with E-state index in [1.807, 2.05) is 6.07 Å². The number of nitrogens with zero attached hydrogens (tertiary/aromatic N) is 1. The third-order valence-corrected chi connectivity index (χ3v) is 4.48. The van der Waals surface area contributed by atoms with Crippen LogP contribution in [0.2, 0.25) is 0 Å².